The number of fused-ring (bicyclic) bond motifs is 1. The highest BCUT2D eigenvalue weighted by atomic mass is 16.5. The fourth-order valence-electron chi connectivity index (χ4n) is 4.81. The molecule has 164 valence electrons. The molecule has 2 aliphatic rings. The molecule has 0 aromatic carbocycles. The number of H-pyrrole nitrogens is 1. The van der Waals surface area contributed by atoms with E-state index in [1.54, 1.807) is 11.6 Å². The van der Waals surface area contributed by atoms with Crippen molar-refractivity contribution in [2.45, 2.75) is 58.8 Å². The third kappa shape index (κ3) is 4.31. The maximum Gasteiger partial charge on any atom is 0.327 e. The van der Waals surface area contributed by atoms with E-state index in [4.69, 9.17) is 9.72 Å². The highest BCUT2D eigenvalue weighted by Crippen LogP contribution is 2.32. The Morgan fingerprint density at radius 2 is 2.00 bits per heavy atom. The molecule has 4 rings (SSSR count). The minimum absolute atomic E-state index is 0.0925. The number of piperidine rings is 1. The van der Waals surface area contributed by atoms with Crippen molar-refractivity contribution in [3.63, 3.8) is 0 Å². The Kier molecular flexibility index (Phi) is 5.75. The lowest BCUT2D eigenvalue weighted by Crippen LogP contribution is -2.43. The molecule has 0 spiro atoms. The molecule has 7 nitrogen and oxygen atoms in total. The van der Waals surface area contributed by atoms with Crippen molar-refractivity contribution in [2.75, 3.05) is 26.3 Å². The number of rotatable bonds is 3. The molecule has 4 heterocycles. The van der Waals surface area contributed by atoms with Crippen LogP contribution in [0.2, 0.25) is 0 Å². The number of pyridine rings is 1. The summed E-state index contributed by atoms with van der Waals surface area (Å²) in [7, 11) is 1.76. The second-order valence-electron chi connectivity index (χ2n) is 10.1. The van der Waals surface area contributed by atoms with Gasteiger partial charge in [-0.05, 0) is 49.1 Å². The van der Waals surface area contributed by atoms with Gasteiger partial charge in [0, 0.05) is 50.9 Å². The van der Waals surface area contributed by atoms with Crippen molar-refractivity contribution < 1.29 is 9.53 Å². The predicted molar refractivity (Wildman–Crippen MR) is 117 cm³/mol. The predicted octanol–water partition coefficient (Wildman–Crippen LogP) is 2.98. The van der Waals surface area contributed by atoms with Crippen molar-refractivity contribution in [2.24, 2.45) is 18.4 Å². The Hall–Kier alpha value is -2.15. The number of aromatic amines is 1. The Morgan fingerprint density at radius 3 is 2.70 bits per heavy atom. The van der Waals surface area contributed by atoms with Gasteiger partial charge < -0.3 is 14.6 Å². The molecule has 1 N–H and O–H groups in total. The number of ether oxygens (including phenoxy) is 1. The van der Waals surface area contributed by atoms with E-state index in [0.29, 0.717) is 25.4 Å². The van der Waals surface area contributed by atoms with Gasteiger partial charge in [0.05, 0.1) is 5.52 Å². The fraction of sp³-hybridized carbons (Fsp3) is 0.696. The van der Waals surface area contributed by atoms with Crippen molar-refractivity contribution in [1.29, 1.82) is 0 Å². The Balaban J connectivity index is 1.63. The van der Waals surface area contributed by atoms with Crippen LogP contribution in [0.5, 0.6) is 0 Å². The number of nitrogens with zero attached hydrogens (tertiary/aromatic N) is 3. The quantitative estimate of drug-likeness (QED) is 0.837. The lowest BCUT2D eigenvalue weighted by molar-refractivity contribution is -0.139. The lowest BCUT2D eigenvalue weighted by atomic mass is 9.86. The normalized spacial score (nSPS) is 21.3. The molecular weight excluding hydrogens is 380 g/mol. The van der Waals surface area contributed by atoms with Gasteiger partial charge in [0.15, 0.2) is 5.65 Å². The first-order chi connectivity index (χ1) is 14.2. The van der Waals surface area contributed by atoms with Crippen LogP contribution in [0.4, 0.5) is 0 Å². The molecule has 30 heavy (non-hydrogen) atoms. The number of carbonyl (C=O) groups is 1. The second kappa shape index (κ2) is 8.17. The van der Waals surface area contributed by atoms with E-state index in [1.807, 2.05) is 4.90 Å². The average molecular weight is 415 g/mol. The molecule has 2 fully saturated rings. The van der Waals surface area contributed by atoms with Crippen molar-refractivity contribution in [3.05, 3.63) is 27.8 Å². The summed E-state index contributed by atoms with van der Waals surface area (Å²) < 4.78 is 7.02. The monoisotopic (exact) mass is 414 g/mol. The highest BCUT2D eigenvalue weighted by Gasteiger charge is 2.31. The molecule has 0 bridgehead atoms. The van der Waals surface area contributed by atoms with Gasteiger partial charge in [-0.2, -0.15) is 0 Å². The van der Waals surface area contributed by atoms with Gasteiger partial charge in [-0.1, -0.05) is 20.8 Å². The smallest absolute Gasteiger partial charge is 0.327 e. The topological polar surface area (TPSA) is 80.2 Å². The van der Waals surface area contributed by atoms with Crippen LogP contribution in [0.1, 0.15) is 63.6 Å². The van der Waals surface area contributed by atoms with Gasteiger partial charge in [0.2, 0.25) is 5.91 Å². The maximum absolute atomic E-state index is 13.1. The maximum atomic E-state index is 13.1. The van der Waals surface area contributed by atoms with Crippen LogP contribution in [0.15, 0.2) is 10.9 Å². The molecule has 1 unspecified atom stereocenters. The van der Waals surface area contributed by atoms with Crippen LogP contribution < -0.4 is 5.69 Å². The largest absolute Gasteiger partial charge is 0.381 e. The summed E-state index contributed by atoms with van der Waals surface area (Å²) in [6, 6.07) is 2.16. The van der Waals surface area contributed by atoms with E-state index < -0.39 is 0 Å². The van der Waals surface area contributed by atoms with E-state index in [-0.39, 0.29) is 28.8 Å². The van der Waals surface area contributed by atoms with Crippen LogP contribution in [0, 0.1) is 11.3 Å². The van der Waals surface area contributed by atoms with Gasteiger partial charge in [-0.25, -0.2) is 9.78 Å². The summed E-state index contributed by atoms with van der Waals surface area (Å²) in [5.74, 6) is 0.568. The molecule has 2 aliphatic heterocycles. The van der Waals surface area contributed by atoms with Crippen molar-refractivity contribution >= 4 is 17.1 Å². The minimum atomic E-state index is -0.134. The summed E-state index contributed by atoms with van der Waals surface area (Å²) in [6.07, 6.45) is 4.51. The molecular formula is C23H34N4O3. The van der Waals surface area contributed by atoms with Gasteiger partial charge in [-0.15, -0.1) is 0 Å². The summed E-state index contributed by atoms with van der Waals surface area (Å²) in [4.78, 5) is 35.2. The number of aryl methyl sites for hydroxylation is 1. The molecule has 1 atom stereocenters. The van der Waals surface area contributed by atoms with Crippen LogP contribution >= 0.6 is 0 Å². The molecule has 2 aromatic heterocycles. The fourth-order valence-corrected chi connectivity index (χ4v) is 4.81. The molecule has 0 radical (unpaired) electrons. The van der Waals surface area contributed by atoms with Crippen LogP contribution in [-0.2, 0) is 23.0 Å². The minimum Gasteiger partial charge on any atom is -0.381 e. The second-order valence-corrected chi connectivity index (χ2v) is 10.1. The number of hydrogen-bond donors (Lipinski definition) is 1. The summed E-state index contributed by atoms with van der Waals surface area (Å²) in [5, 5.41) is 0. The number of aromatic nitrogens is 3. The van der Waals surface area contributed by atoms with Crippen molar-refractivity contribution in [1.82, 2.24) is 19.4 Å². The lowest BCUT2D eigenvalue weighted by Gasteiger charge is -2.36. The van der Waals surface area contributed by atoms with Crippen molar-refractivity contribution in [3.8, 4) is 0 Å². The van der Waals surface area contributed by atoms with E-state index in [0.717, 1.165) is 55.4 Å². The van der Waals surface area contributed by atoms with Gasteiger partial charge in [-0.3, -0.25) is 9.36 Å². The number of amides is 1. The number of imidazole rings is 1. The third-order valence-corrected chi connectivity index (χ3v) is 6.40. The van der Waals surface area contributed by atoms with E-state index in [2.05, 4.69) is 31.8 Å². The van der Waals surface area contributed by atoms with E-state index >= 15 is 0 Å². The molecule has 0 aliphatic carbocycles. The Labute approximate surface area is 177 Å². The first-order valence-corrected chi connectivity index (χ1v) is 11.2. The van der Waals surface area contributed by atoms with Gasteiger partial charge in [0.25, 0.3) is 0 Å². The third-order valence-electron chi connectivity index (χ3n) is 6.40. The number of likely N-dealkylation sites (tertiary alicyclic amines) is 1. The molecule has 2 aromatic rings. The molecule has 2 saturated heterocycles. The van der Waals surface area contributed by atoms with Crippen LogP contribution in [0.25, 0.3) is 11.2 Å². The zero-order valence-electron chi connectivity index (χ0n) is 18.7. The van der Waals surface area contributed by atoms with Gasteiger partial charge >= 0.3 is 5.69 Å². The van der Waals surface area contributed by atoms with E-state index in [9.17, 15) is 9.59 Å². The van der Waals surface area contributed by atoms with E-state index in [1.165, 1.54) is 0 Å². The number of nitrogens with one attached hydrogen (secondary N) is 1. The van der Waals surface area contributed by atoms with Crippen LogP contribution in [0.3, 0.4) is 0 Å². The van der Waals surface area contributed by atoms with Crippen LogP contribution in [-0.4, -0.2) is 51.6 Å². The Morgan fingerprint density at radius 1 is 1.27 bits per heavy atom. The first-order valence-electron chi connectivity index (χ1n) is 11.2. The zero-order valence-corrected chi connectivity index (χ0v) is 18.7. The number of carbonyl (C=O) groups excluding carboxylic acids is 1. The summed E-state index contributed by atoms with van der Waals surface area (Å²) in [6.45, 7) is 9.51. The molecule has 7 heteroatoms. The SMILES string of the molecule is Cn1c(=O)[nH]c2c(CC(C)(C)C)cc(C3CCCN(C(=O)C4CCOCC4)C3)nc21. The van der Waals surface area contributed by atoms with Gasteiger partial charge in [0.1, 0.15) is 0 Å². The average Bonchev–Trinajstić information content (AvgIpc) is 3.01. The standard InChI is InChI=1S/C23H34N4O3/c1-23(2,3)13-17-12-18(24-20-19(17)25-22(29)26(20)4)16-6-5-9-27(14-16)21(28)15-7-10-30-11-8-15/h12,15-16H,5-11,13-14H2,1-4H3,(H,25,29). The molecule has 0 saturated carbocycles. The summed E-state index contributed by atoms with van der Waals surface area (Å²) >= 11 is 0. The summed E-state index contributed by atoms with van der Waals surface area (Å²) in [5.41, 5.74) is 3.64. The number of hydrogen-bond acceptors (Lipinski definition) is 4. The zero-order chi connectivity index (χ0) is 21.5. The Bertz CT molecular complexity index is 979. The first kappa shape index (κ1) is 21.1. The highest BCUT2D eigenvalue weighted by molar-refractivity contribution is 5.79. The molecule has 1 amide bonds.